The van der Waals surface area contributed by atoms with Gasteiger partial charge in [-0.15, -0.1) is 0 Å². The van der Waals surface area contributed by atoms with Gasteiger partial charge in [-0.05, 0) is 12.1 Å². The van der Waals surface area contributed by atoms with Gasteiger partial charge in [-0.3, -0.25) is 4.98 Å². The van der Waals surface area contributed by atoms with Crippen LogP contribution in [-0.2, 0) is 19.5 Å². The number of fused-ring (bicyclic) bond motifs is 1. The van der Waals surface area contributed by atoms with Gasteiger partial charge in [0.05, 0.1) is 24.0 Å². The van der Waals surface area contributed by atoms with E-state index in [9.17, 15) is 0 Å². The van der Waals surface area contributed by atoms with Crippen LogP contribution in [0.5, 0.6) is 0 Å². The number of hydrogen-bond donors (Lipinski definition) is 1. The summed E-state index contributed by atoms with van der Waals surface area (Å²) in [6.07, 6.45) is 2.66. The van der Waals surface area contributed by atoms with Crippen molar-refractivity contribution >= 4 is 10.9 Å². The first-order valence-electron chi connectivity index (χ1n) is 6.84. The van der Waals surface area contributed by atoms with E-state index in [-0.39, 0.29) is 0 Å². The Morgan fingerprint density at radius 3 is 2.85 bits per heavy atom. The molecule has 0 spiro atoms. The summed E-state index contributed by atoms with van der Waals surface area (Å²) in [5.74, 6) is 1.65. The second-order valence-electron chi connectivity index (χ2n) is 4.67. The number of oxazole rings is 1. The molecule has 102 valence electrons. The summed E-state index contributed by atoms with van der Waals surface area (Å²) < 4.78 is 5.55. The molecule has 0 radical (unpaired) electrons. The van der Waals surface area contributed by atoms with Crippen LogP contribution in [0.15, 0.2) is 47.0 Å². The number of para-hydroxylation sites is 1. The number of aromatic nitrogens is 2. The molecule has 1 N–H and O–H groups in total. The van der Waals surface area contributed by atoms with E-state index in [2.05, 4.69) is 34.3 Å². The molecule has 0 fully saturated rings. The molecule has 20 heavy (non-hydrogen) atoms. The van der Waals surface area contributed by atoms with Crippen LogP contribution in [0.4, 0.5) is 0 Å². The maximum Gasteiger partial charge on any atom is 0.208 e. The molecular weight excluding hydrogens is 250 g/mol. The molecule has 0 aliphatic carbocycles. The van der Waals surface area contributed by atoms with E-state index >= 15 is 0 Å². The largest absolute Gasteiger partial charge is 0.444 e. The highest BCUT2D eigenvalue weighted by atomic mass is 16.4. The number of nitrogens with zero attached hydrogens (tertiary/aromatic N) is 2. The van der Waals surface area contributed by atoms with Gasteiger partial charge in [-0.2, -0.15) is 0 Å². The van der Waals surface area contributed by atoms with Crippen molar-refractivity contribution in [2.24, 2.45) is 0 Å². The van der Waals surface area contributed by atoms with E-state index in [0.717, 1.165) is 34.7 Å². The van der Waals surface area contributed by atoms with Gasteiger partial charge in [0.1, 0.15) is 5.76 Å². The molecule has 3 rings (SSSR count). The normalized spacial score (nSPS) is 11.1. The quantitative estimate of drug-likeness (QED) is 0.772. The highest BCUT2D eigenvalue weighted by Gasteiger charge is 2.02. The molecule has 0 saturated heterocycles. The summed E-state index contributed by atoms with van der Waals surface area (Å²) in [6.45, 7) is 3.37. The minimum atomic E-state index is 0.620. The molecule has 0 atom stereocenters. The van der Waals surface area contributed by atoms with Crippen LogP contribution in [0.3, 0.4) is 0 Å². The molecular formula is C16H17N3O. The zero-order valence-corrected chi connectivity index (χ0v) is 11.5. The summed E-state index contributed by atoms with van der Waals surface area (Å²) >= 11 is 0. The topological polar surface area (TPSA) is 51.0 Å². The SMILES string of the molecule is CCc1cnc(CNCc2ccc3ccccc3n2)o1. The Bertz CT molecular complexity index is 706. The minimum absolute atomic E-state index is 0.620. The van der Waals surface area contributed by atoms with Crippen molar-refractivity contribution in [2.45, 2.75) is 26.4 Å². The van der Waals surface area contributed by atoms with Crippen LogP contribution in [-0.4, -0.2) is 9.97 Å². The van der Waals surface area contributed by atoms with Crippen LogP contribution >= 0.6 is 0 Å². The van der Waals surface area contributed by atoms with Gasteiger partial charge < -0.3 is 9.73 Å². The van der Waals surface area contributed by atoms with Crippen molar-refractivity contribution in [3.05, 3.63) is 59.9 Å². The summed E-state index contributed by atoms with van der Waals surface area (Å²) in [5, 5.41) is 4.46. The lowest BCUT2D eigenvalue weighted by molar-refractivity contribution is 0.438. The van der Waals surface area contributed by atoms with Gasteiger partial charge >= 0.3 is 0 Å². The zero-order valence-electron chi connectivity index (χ0n) is 11.5. The van der Waals surface area contributed by atoms with Crippen molar-refractivity contribution in [3.8, 4) is 0 Å². The average Bonchev–Trinajstić information content (AvgIpc) is 2.95. The lowest BCUT2D eigenvalue weighted by atomic mass is 10.2. The van der Waals surface area contributed by atoms with E-state index in [4.69, 9.17) is 4.42 Å². The third-order valence-electron chi connectivity index (χ3n) is 3.19. The number of benzene rings is 1. The molecule has 3 aromatic rings. The predicted octanol–water partition coefficient (Wildman–Crippen LogP) is 3.08. The van der Waals surface area contributed by atoms with Gasteiger partial charge in [-0.1, -0.05) is 31.2 Å². The first kappa shape index (κ1) is 12.8. The molecule has 0 aliphatic heterocycles. The van der Waals surface area contributed by atoms with Crippen molar-refractivity contribution in [3.63, 3.8) is 0 Å². The first-order valence-corrected chi connectivity index (χ1v) is 6.84. The molecule has 0 saturated carbocycles. The zero-order chi connectivity index (χ0) is 13.8. The van der Waals surface area contributed by atoms with Gasteiger partial charge in [-0.25, -0.2) is 4.98 Å². The monoisotopic (exact) mass is 267 g/mol. The summed E-state index contributed by atoms with van der Waals surface area (Å²) in [6, 6.07) is 12.3. The van der Waals surface area contributed by atoms with Gasteiger partial charge in [0.25, 0.3) is 0 Å². The van der Waals surface area contributed by atoms with Gasteiger partial charge in [0, 0.05) is 18.4 Å². The summed E-state index contributed by atoms with van der Waals surface area (Å²) in [4.78, 5) is 8.83. The summed E-state index contributed by atoms with van der Waals surface area (Å²) in [7, 11) is 0. The maximum atomic E-state index is 5.55. The standard InChI is InChI=1S/C16H17N3O/c1-2-14-10-18-16(20-14)11-17-9-13-8-7-12-5-3-4-6-15(12)19-13/h3-8,10,17H,2,9,11H2,1H3. The molecule has 0 aliphatic rings. The molecule has 0 unspecified atom stereocenters. The average molecular weight is 267 g/mol. The van der Waals surface area contributed by atoms with Crippen LogP contribution < -0.4 is 5.32 Å². The molecule has 4 heteroatoms. The number of nitrogens with one attached hydrogen (secondary N) is 1. The molecule has 2 heterocycles. The fraction of sp³-hybridized carbons (Fsp3) is 0.250. The van der Waals surface area contributed by atoms with Crippen LogP contribution in [0, 0.1) is 0 Å². The summed E-state index contributed by atoms with van der Waals surface area (Å²) in [5.41, 5.74) is 2.04. The van der Waals surface area contributed by atoms with E-state index in [1.807, 2.05) is 24.3 Å². The Hall–Kier alpha value is -2.20. The Kier molecular flexibility index (Phi) is 3.74. The third-order valence-corrected chi connectivity index (χ3v) is 3.19. The smallest absolute Gasteiger partial charge is 0.208 e. The minimum Gasteiger partial charge on any atom is -0.444 e. The van der Waals surface area contributed by atoms with E-state index in [0.29, 0.717) is 13.1 Å². The number of pyridine rings is 1. The van der Waals surface area contributed by atoms with Crippen LogP contribution in [0.25, 0.3) is 10.9 Å². The highest BCUT2D eigenvalue weighted by Crippen LogP contribution is 2.11. The maximum absolute atomic E-state index is 5.55. The third kappa shape index (κ3) is 2.86. The number of hydrogen-bond acceptors (Lipinski definition) is 4. The van der Waals surface area contributed by atoms with Crippen molar-refractivity contribution in [1.82, 2.24) is 15.3 Å². The Morgan fingerprint density at radius 1 is 1.10 bits per heavy atom. The second kappa shape index (κ2) is 5.84. The van der Waals surface area contributed by atoms with Crippen LogP contribution in [0.1, 0.15) is 24.3 Å². The lowest BCUT2D eigenvalue weighted by Gasteiger charge is -2.03. The number of aryl methyl sites for hydroxylation is 1. The van der Waals surface area contributed by atoms with E-state index < -0.39 is 0 Å². The van der Waals surface area contributed by atoms with Crippen molar-refractivity contribution in [1.29, 1.82) is 0 Å². The fourth-order valence-electron chi connectivity index (χ4n) is 2.10. The van der Waals surface area contributed by atoms with Gasteiger partial charge in [0.2, 0.25) is 5.89 Å². The number of rotatable bonds is 5. The first-order chi connectivity index (χ1) is 9.85. The molecule has 1 aromatic carbocycles. The van der Waals surface area contributed by atoms with Crippen molar-refractivity contribution < 1.29 is 4.42 Å². The van der Waals surface area contributed by atoms with E-state index in [1.165, 1.54) is 0 Å². The molecule has 2 aromatic heterocycles. The lowest BCUT2D eigenvalue weighted by Crippen LogP contribution is -2.13. The molecule has 4 nitrogen and oxygen atoms in total. The molecule has 0 amide bonds. The predicted molar refractivity (Wildman–Crippen MR) is 78.2 cm³/mol. The van der Waals surface area contributed by atoms with Crippen LogP contribution in [0.2, 0.25) is 0 Å². The fourth-order valence-corrected chi connectivity index (χ4v) is 2.10. The Morgan fingerprint density at radius 2 is 2.00 bits per heavy atom. The highest BCUT2D eigenvalue weighted by molar-refractivity contribution is 5.78. The van der Waals surface area contributed by atoms with Crippen molar-refractivity contribution in [2.75, 3.05) is 0 Å². The Balaban J connectivity index is 1.62. The van der Waals surface area contributed by atoms with E-state index in [1.54, 1.807) is 6.20 Å². The molecule has 0 bridgehead atoms. The van der Waals surface area contributed by atoms with Gasteiger partial charge in [0.15, 0.2) is 0 Å². The Labute approximate surface area is 117 Å². The second-order valence-corrected chi connectivity index (χ2v) is 4.67.